The zero-order valence-electron chi connectivity index (χ0n) is 9.32. The van der Waals surface area contributed by atoms with E-state index in [2.05, 4.69) is 0 Å². The zero-order chi connectivity index (χ0) is 12.4. The lowest BCUT2D eigenvalue weighted by Gasteiger charge is -2.13. The van der Waals surface area contributed by atoms with E-state index in [1.165, 1.54) is 6.07 Å². The Balaban J connectivity index is 2.40. The summed E-state index contributed by atoms with van der Waals surface area (Å²) in [6.07, 6.45) is -0.991. The molecule has 2 aromatic rings. The van der Waals surface area contributed by atoms with Crippen molar-refractivity contribution in [3.05, 3.63) is 70.0 Å². The fourth-order valence-corrected chi connectivity index (χ4v) is 1.91. The highest BCUT2D eigenvalue weighted by molar-refractivity contribution is 6.30. The zero-order valence-corrected chi connectivity index (χ0v) is 10.1. The fourth-order valence-electron chi connectivity index (χ4n) is 1.71. The molecule has 0 spiro atoms. The quantitative estimate of drug-likeness (QED) is 0.858. The average molecular weight is 251 g/mol. The first-order valence-corrected chi connectivity index (χ1v) is 5.65. The van der Waals surface area contributed by atoms with Gasteiger partial charge in [-0.1, -0.05) is 35.9 Å². The smallest absolute Gasteiger partial charge is 0.129 e. The lowest BCUT2D eigenvalue weighted by atomic mass is 10.00. The summed E-state index contributed by atoms with van der Waals surface area (Å²) in [5.41, 5.74) is 1.67. The maximum atomic E-state index is 13.7. The second-order valence-corrected chi connectivity index (χ2v) is 4.42. The van der Waals surface area contributed by atoms with Crippen LogP contribution in [0.5, 0.6) is 0 Å². The van der Waals surface area contributed by atoms with E-state index in [1.54, 1.807) is 43.3 Å². The molecule has 1 atom stereocenters. The van der Waals surface area contributed by atoms with Crippen LogP contribution in [-0.4, -0.2) is 5.11 Å². The first-order valence-electron chi connectivity index (χ1n) is 5.27. The van der Waals surface area contributed by atoms with E-state index >= 15 is 0 Å². The molecular formula is C14H12ClFO. The van der Waals surface area contributed by atoms with Crippen molar-refractivity contribution in [3.63, 3.8) is 0 Å². The summed E-state index contributed by atoms with van der Waals surface area (Å²) in [6, 6.07) is 11.6. The number of aliphatic hydroxyl groups is 1. The van der Waals surface area contributed by atoms with Gasteiger partial charge < -0.3 is 5.11 Å². The van der Waals surface area contributed by atoms with Crippen molar-refractivity contribution in [3.8, 4) is 0 Å². The van der Waals surface area contributed by atoms with Gasteiger partial charge in [-0.05, 0) is 36.2 Å². The molecule has 0 saturated carbocycles. The first-order chi connectivity index (χ1) is 8.08. The van der Waals surface area contributed by atoms with E-state index in [0.29, 0.717) is 10.6 Å². The number of benzene rings is 2. The molecule has 1 unspecified atom stereocenters. The van der Waals surface area contributed by atoms with Gasteiger partial charge in [0.25, 0.3) is 0 Å². The third kappa shape index (κ3) is 2.65. The van der Waals surface area contributed by atoms with Crippen LogP contribution in [0.1, 0.15) is 22.8 Å². The van der Waals surface area contributed by atoms with E-state index in [-0.39, 0.29) is 5.56 Å². The van der Waals surface area contributed by atoms with Gasteiger partial charge >= 0.3 is 0 Å². The number of aryl methyl sites for hydroxylation is 1. The Hall–Kier alpha value is -1.38. The Morgan fingerprint density at radius 2 is 1.94 bits per heavy atom. The summed E-state index contributed by atoms with van der Waals surface area (Å²) in [5, 5.41) is 10.6. The van der Waals surface area contributed by atoms with Gasteiger partial charge in [0.1, 0.15) is 11.9 Å². The molecule has 0 heterocycles. The van der Waals surface area contributed by atoms with E-state index in [9.17, 15) is 9.50 Å². The van der Waals surface area contributed by atoms with E-state index in [4.69, 9.17) is 11.6 Å². The summed E-state index contributed by atoms with van der Waals surface area (Å²) in [5.74, 6) is -0.405. The van der Waals surface area contributed by atoms with Gasteiger partial charge in [-0.25, -0.2) is 4.39 Å². The predicted molar refractivity (Wildman–Crippen MR) is 66.7 cm³/mol. The molecule has 2 rings (SSSR count). The van der Waals surface area contributed by atoms with Crippen LogP contribution in [0.4, 0.5) is 4.39 Å². The number of hydrogen-bond donors (Lipinski definition) is 1. The molecule has 88 valence electrons. The van der Waals surface area contributed by atoms with Gasteiger partial charge in [-0.15, -0.1) is 0 Å². The van der Waals surface area contributed by atoms with Crippen LogP contribution < -0.4 is 0 Å². The third-order valence-corrected chi connectivity index (χ3v) is 2.85. The van der Waals surface area contributed by atoms with E-state index in [1.807, 2.05) is 0 Å². The highest BCUT2D eigenvalue weighted by Crippen LogP contribution is 2.26. The first kappa shape index (κ1) is 12.1. The topological polar surface area (TPSA) is 20.2 Å². The van der Waals surface area contributed by atoms with Gasteiger partial charge in [0, 0.05) is 10.6 Å². The molecule has 1 N–H and O–H groups in total. The summed E-state index contributed by atoms with van der Waals surface area (Å²) in [6.45, 7) is 1.80. The molecule has 0 amide bonds. The summed E-state index contributed by atoms with van der Waals surface area (Å²) in [7, 11) is 0. The van der Waals surface area contributed by atoms with Gasteiger partial charge in [0.05, 0.1) is 0 Å². The SMILES string of the molecule is Cc1ccc(C(O)c2cccc(Cl)c2)c(F)c1. The Morgan fingerprint density at radius 1 is 1.18 bits per heavy atom. The Labute approximate surface area is 104 Å². The van der Waals surface area contributed by atoms with E-state index < -0.39 is 11.9 Å². The minimum Gasteiger partial charge on any atom is -0.384 e. The Bertz CT molecular complexity index is 539. The second kappa shape index (κ2) is 4.86. The van der Waals surface area contributed by atoms with Gasteiger partial charge in [0.2, 0.25) is 0 Å². The van der Waals surface area contributed by atoms with Crippen molar-refractivity contribution in [1.29, 1.82) is 0 Å². The van der Waals surface area contributed by atoms with E-state index in [0.717, 1.165) is 5.56 Å². The van der Waals surface area contributed by atoms with Crippen LogP contribution in [0.15, 0.2) is 42.5 Å². The monoisotopic (exact) mass is 250 g/mol. The van der Waals surface area contributed by atoms with Crippen LogP contribution in [0, 0.1) is 12.7 Å². The number of rotatable bonds is 2. The molecule has 0 aliphatic heterocycles. The lowest BCUT2D eigenvalue weighted by Crippen LogP contribution is -2.02. The third-order valence-electron chi connectivity index (χ3n) is 2.61. The minimum absolute atomic E-state index is 0.262. The van der Waals surface area contributed by atoms with Gasteiger partial charge in [-0.2, -0.15) is 0 Å². The molecular weight excluding hydrogens is 239 g/mol. The van der Waals surface area contributed by atoms with Crippen molar-refractivity contribution in [1.82, 2.24) is 0 Å². The standard InChI is InChI=1S/C14H12ClFO/c1-9-5-6-12(13(16)7-9)14(17)10-3-2-4-11(15)8-10/h2-8,14,17H,1H3. The highest BCUT2D eigenvalue weighted by Gasteiger charge is 2.14. The highest BCUT2D eigenvalue weighted by atomic mass is 35.5. The second-order valence-electron chi connectivity index (χ2n) is 3.98. The maximum Gasteiger partial charge on any atom is 0.129 e. The molecule has 0 aliphatic rings. The number of aliphatic hydroxyl groups excluding tert-OH is 1. The molecule has 0 radical (unpaired) electrons. The van der Waals surface area contributed by atoms with Crippen molar-refractivity contribution in [2.75, 3.05) is 0 Å². The van der Waals surface area contributed by atoms with Crippen LogP contribution in [0.2, 0.25) is 5.02 Å². The molecule has 0 saturated heterocycles. The number of halogens is 2. The van der Waals surface area contributed by atoms with Crippen LogP contribution in [-0.2, 0) is 0 Å². The molecule has 0 bridgehead atoms. The lowest BCUT2D eigenvalue weighted by molar-refractivity contribution is 0.215. The average Bonchev–Trinajstić information content (AvgIpc) is 2.28. The number of hydrogen-bond acceptors (Lipinski definition) is 1. The fraction of sp³-hybridized carbons (Fsp3) is 0.143. The maximum absolute atomic E-state index is 13.7. The molecule has 0 aliphatic carbocycles. The van der Waals surface area contributed by atoms with Crippen molar-refractivity contribution in [2.45, 2.75) is 13.0 Å². The van der Waals surface area contributed by atoms with Crippen LogP contribution in [0.3, 0.4) is 0 Å². The Kier molecular flexibility index (Phi) is 3.46. The van der Waals surface area contributed by atoms with Crippen LogP contribution >= 0.6 is 11.6 Å². The largest absolute Gasteiger partial charge is 0.384 e. The minimum atomic E-state index is -0.991. The molecule has 2 aromatic carbocycles. The van der Waals surface area contributed by atoms with Crippen molar-refractivity contribution in [2.24, 2.45) is 0 Å². The van der Waals surface area contributed by atoms with Crippen molar-refractivity contribution < 1.29 is 9.50 Å². The summed E-state index contributed by atoms with van der Waals surface area (Å²) >= 11 is 5.84. The Morgan fingerprint density at radius 3 is 2.59 bits per heavy atom. The summed E-state index contributed by atoms with van der Waals surface area (Å²) in [4.78, 5) is 0. The summed E-state index contributed by atoms with van der Waals surface area (Å²) < 4.78 is 13.7. The van der Waals surface area contributed by atoms with Crippen LogP contribution in [0.25, 0.3) is 0 Å². The van der Waals surface area contributed by atoms with Gasteiger partial charge in [0.15, 0.2) is 0 Å². The van der Waals surface area contributed by atoms with Gasteiger partial charge in [-0.3, -0.25) is 0 Å². The molecule has 0 aromatic heterocycles. The molecule has 17 heavy (non-hydrogen) atoms. The predicted octanol–water partition coefficient (Wildman–Crippen LogP) is 3.87. The normalized spacial score (nSPS) is 12.5. The molecule has 1 nitrogen and oxygen atoms in total. The molecule has 3 heteroatoms. The molecule has 0 fully saturated rings. The van der Waals surface area contributed by atoms with Crippen molar-refractivity contribution >= 4 is 11.6 Å².